The fourth-order valence-corrected chi connectivity index (χ4v) is 6.16. The molecule has 0 radical (unpaired) electrons. The number of likely N-dealkylation sites (tertiary alicyclic amines) is 1. The predicted molar refractivity (Wildman–Crippen MR) is 160 cm³/mol. The minimum atomic E-state index is -0.494. The molecule has 4 heterocycles. The van der Waals surface area contributed by atoms with Gasteiger partial charge in [0, 0.05) is 36.9 Å². The van der Waals surface area contributed by atoms with Gasteiger partial charge in [-0.1, -0.05) is 18.2 Å². The van der Waals surface area contributed by atoms with E-state index in [2.05, 4.69) is 64.7 Å². The smallest absolute Gasteiger partial charge is 0.306 e. The number of aromatic nitrogens is 3. The van der Waals surface area contributed by atoms with E-state index in [1.807, 2.05) is 32.4 Å². The van der Waals surface area contributed by atoms with Crippen LogP contribution in [0.3, 0.4) is 0 Å². The number of nitrogens with one attached hydrogen (secondary N) is 1. The number of hydrogen-bond acceptors (Lipinski definition) is 6. The molecule has 2 aliphatic heterocycles. The molecular formula is C33H45N5O2. The Morgan fingerprint density at radius 1 is 1.18 bits per heavy atom. The summed E-state index contributed by atoms with van der Waals surface area (Å²) in [5, 5.41) is 8.14. The number of anilines is 1. The average Bonchev–Trinajstić information content (AvgIpc) is 3.50. The van der Waals surface area contributed by atoms with E-state index in [1.165, 1.54) is 24.1 Å². The summed E-state index contributed by atoms with van der Waals surface area (Å²) in [6.07, 6.45) is 6.03. The number of fused-ring (bicyclic) bond motifs is 1. The van der Waals surface area contributed by atoms with Crippen LogP contribution < -0.4 is 5.32 Å². The quantitative estimate of drug-likeness (QED) is 0.333. The zero-order valence-electron chi connectivity index (χ0n) is 24.9. The largest absolute Gasteiger partial charge is 0.460 e. The molecule has 0 aliphatic carbocycles. The molecule has 40 heavy (non-hydrogen) atoms. The highest BCUT2D eigenvalue weighted by Crippen LogP contribution is 2.30. The molecule has 1 fully saturated rings. The molecule has 0 unspecified atom stereocenters. The van der Waals surface area contributed by atoms with Gasteiger partial charge in [0.25, 0.3) is 0 Å². The molecule has 1 N–H and O–H groups in total. The van der Waals surface area contributed by atoms with Gasteiger partial charge >= 0.3 is 5.97 Å². The number of carbonyl (C=O) groups excluding carboxylic acids is 1. The minimum Gasteiger partial charge on any atom is -0.460 e. The van der Waals surface area contributed by atoms with Crippen molar-refractivity contribution >= 4 is 11.8 Å². The standard InChI is InChI=1S/C33H45N5O2/c1-23-18-24(2)38(36-23)30-10-6-8-27(19-30)28(20-31(39)40-33(3,4)5)22-37-17-15-25(21-37)11-13-29-14-12-26-9-7-16-34-32(26)35-29/h6,8,10,12,14,18-19,25,28H,7,9,11,13,15-17,20-22H2,1-5H3,(H,34,35)/t25-,28-/m1/s1. The first-order chi connectivity index (χ1) is 19.1. The Labute approximate surface area is 239 Å². The third kappa shape index (κ3) is 7.30. The van der Waals surface area contributed by atoms with Crippen LogP contribution in [-0.4, -0.2) is 57.4 Å². The number of ether oxygens (including phenoxy) is 1. The van der Waals surface area contributed by atoms with E-state index in [0.29, 0.717) is 12.3 Å². The second kappa shape index (κ2) is 12.1. The van der Waals surface area contributed by atoms with Crippen molar-refractivity contribution in [1.82, 2.24) is 19.7 Å². The van der Waals surface area contributed by atoms with Gasteiger partial charge in [-0.2, -0.15) is 5.10 Å². The monoisotopic (exact) mass is 543 g/mol. The van der Waals surface area contributed by atoms with Crippen LogP contribution in [0.25, 0.3) is 5.69 Å². The molecule has 7 nitrogen and oxygen atoms in total. The van der Waals surface area contributed by atoms with E-state index in [9.17, 15) is 4.79 Å². The number of aryl methyl sites for hydroxylation is 4. The number of esters is 1. The van der Waals surface area contributed by atoms with Gasteiger partial charge in [0.1, 0.15) is 11.4 Å². The number of pyridine rings is 1. The summed E-state index contributed by atoms with van der Waals surface area (Å²) in [7, 11) is 0. The number of hydrogen-bond donors (Lipinski definition) is 1. The molecule has 5 rings (SSSR count). The first kappa shape index (κ1) is 28.3. The molecule has 2 atom stereocenters. The molecule has 0 saturated carbocycles. The molecule has 0 spiro atoms. The van der Waals surface area contributed by atoms with Gasteiger partial charge in [0.05, 0.1) is 17.8 Å². The minimum absolute atomic E-state index is 0.0545. The third-order valence-corrected chi connectivity index (χ3v) is 8.04. The molecule has 0 amide bonds. The van der Waals surface area contributed by atoms with Crippen molar-refractivity contribution in [3.63, 3.8) is 0 Å². The van der Waals surface area contributed by atoms with Crippen LogP contribution in [0.15, 0.2) is 42.5 Å². The van der Waals surface area contributed by atoms with Crippen molar-refractivity contribution in [2.75, 3.05) is 31.5 Å². The van der Waals surface area contributed by atoms with Crippen LogP contribution in [0, 0.1) is 19.8 Å². The van der Waals surface area contributed by atoms with Crippen LogP contribution in [0.2, 0.25) is 0 Å². The molecule has 3 aromatic rings. The van der Waals surface area contributed by atoms with Crippen LogP contribution in [-0.2, 0) is 22.4 Å². The van der Waals surface area contributed by atoms with Crippen molar-refractivity contribution in [2.24, 2.45) is 5.92 Å². The average molecular weight is 544 g/mol. The number of rotatable bonds is 9. The summed E-state index contributed by atoms with van der Waals surface area (Å²) in [6.45, 7) is 13.9. The maximum Gasteiger partial charge on any atom is 0.306 e. The van der Waals surface area contributed by atoms with Gasteiger partial charge in [-0.25, -0.2) is 9.67 Å². The third-order valence-electron chi connectivity index (χ3n) is 8.04. The normalized spacial score (nSPS) is 18.3. The lowest BCUT2D eigenvalue weighted by molar-refractivity contribution is -0.155. The molecule has 214 valence electrons. The fraction of sp³-hybridized carbons (Fsp3) is 0.545. The summed E-state index contributed by atoms with van der Waals surface area (Å²) in [4.78, 5) is 20.4. The van der Waals surface area contributed by atoms with Crippen molar-refractivity contribution in [1.29, 1.82) is 0 Å². The zero-order valence-corrected chi connectivity index (χ0v) is 24.9. The Kier molecular flexibility index (Phi) is 8.60. The van der Waals surface area contributed by atoms with E-state index >= 15 is 0 Å². The van der Waals surface area contributed by atoms with E-state index in [1.54, 1.807) is 0 Å². The molecule has 0 bridgehead atoms. The second-order valence-electron chi connectivity index (χ2n) is 12.7. The SMILES string of the molecule is Cc1cc(C)n(-c2cccc([C@H](CC(=O)OC(C)(C)C)CN3CC[C@@H](CCc4ccc5c(n4)NCCC5)C3)c2)n1. The zero-order chi connectivity index (χ0) is 28.3. The Hall–Kier alpha value is -3.19. The van der Waals surface area contributed by atoms with Crippen molar-refractivity contribution in [3.05, 3.63) is 70.7 Å². The van der Waals surface area contributed by atoms with Gasteiger partial charge in [0.2, 0.25) is 0 Å². The number of nitrogens with zero attached hydrogens (tertiary/aromatic N) is 4. The maximum absolute atomic E-state index is 13.0. The Balaban J connectivity index is 1.25. The fourth-order valence-electron chi connectivity index (χ4n) is 6.16. The summed E-state index contributed by atoms with van der Waals surface area (Å²) >= 11 is 0. The van der Waals surface area contributed by atoms with Gasteiger partial charge in [0.15, 0.2) is 0 Å². The lowest BCUT2D eigenvalue weighted by Gasteiger charge is -2.26. The van der Waals surface area contributed by atoms with Crippen molar-refractivity contribution in [3.8, 4) is 5.69 Å². The van der Waals surface area contributed by atoms with E-state index in [-0.39, 0.29) is 11.9 Å². The van der Waals surface area contributed by atoms with Crippen molar-refractivity contribution in [2.45, 2.75) is 84.7 Å². The molecule has 7 heteroatoms. The molecule has 1 aromatic carbocycles. The lowest BCUT2D eigenvalue weighted by Crippen LogP contribution is -2.30. The van der Waals surface area contributed by atoms with Gasteiger partial charge in [-0.05, 0) is 115 Å². The highest BCUT2D eigenvalue weighted by atomic mass is 16.6. The van der Waals surface area contributed by atoms with Gasteiger partial charge in [-0.3, -0.25) is 4.79 Å². The number of carbonyl (C=O) groups is 1. The summed E-state index contributed by atoms with van der Waals surface area (Å²) < 4.78 is 7.74. The van der Waals surface area contributed by atoms with E-state index in [0.717, 1.165) is 73.9 Å². The Morgan fingerprint density at radius 3 is 2.80 bits per heavy atom. The van der Waals surface area contributed by atoms with Crippen LogP contribution >= 0.6 is 0 Å². The van der Waals surface area contributed by atoms with Crippen molar-refractivity contribution < 1.29 is 9.53 Å². The van der Waals surface area contributed by atoms with Gasteiger partial charge < -0.3 is 15.0 Å². The summed E-state index contributed by atoms with van der Waals surface area (Å²) in [5.74, 6) is 1.65. The highest BCUT2D eigenvalue weighted by Gasteiger charge is 2.28. The molecule has 1 saturated heterocycles. The summed E-state index contributed by atoms with van der Waals surface area (Å²) in [6, 6.07) is 15.1. The van der Waals surface area contributed by atoms with E-state index < -0.39 is 5.60 Å². The molecule has 2 aliphatic rings. The van der Waals surface area contributed by atoms with Crippen LogP contribution in [0.4, 0.5) is 5.82 Å². The predicted octanol–water partition coefficient (Wildman–Crippen LogP) is 6.01. The first-order valence-corrected chi connectivity index (χ1v) is 14.9. The Bertz CT molecular complexity index is 1320. The maximum atomic E-state index is 13.0. The lowest BCUT2D eigenvalue weighted by atomic mass is 9.94. The summed E-state index contributed by atoms with van der Waals surface area (Å²) in [5.41, 5.74) is 6.33. The molecular weight excluding hydrogens is 498 g/mol. The van der Waals surface area contributed by atoms with Crippen LogP contribution in [0.5, 0.6) is 0 Å². The highest BCUT2D eigenvalue weighted by molar-refractivity contribution is 5.71. The van der Waals surface area contributed by atoms with E-state index in [4.69, 9.17) is 9.72 Å². The van der Waals surface area contributed by atoms with Crippen LogP contribution in [0.1, 0.15) is 80.6 Å². The topological polar surface area (TPSA) is 72.3 Å². The molecule has 2 aromatic heterocycles. The number of benzene rings is 1. The first-order valence-electron chi connectivity index (χ1n) is 14.9. The van der Waals surface area contributed by atoms with Gasteiger partial charge in [-0.15, -0.1) is 0 Å². The Morgan fingerprint density at radius 2 is 2.02 bits per heavy atom. The second-order valence-corrected chi connectivity index (χ2v) is 12.7.